The third-order valence-corrected chi connectivity index (χ3v) is 2.80. The molecule has 1 aromatic heterocycles. The number of anilines is 2. The first-order valence-corrected chi connectivity index (χ1v) is 6.30. The van der Waals surface area contributed by atoms with Gasteiger partial charge in [0.25, 0.3) is 0 Å². The van der Waals surface area contributed by atoms with Gasteiger partial charge in [-0.3, -0.25) is 0 Å². The average Bonchev–Trinajstić information content (AvgIpc) is 2.31. The van der Waals surface area contributed by atoms with E-state index in [1.54, 1.807) is 0 Å². The highest BCUT2D eigenvalue weighted by molar-refractivity contribution is 5.94. The van der Waals surface area contributed by atoms with Gasteiger partial charge in [-0.2, -0.15) is 0 Å². The number of pyridine rings is 1. The third-order valence-electron chi connectivity index (χ3n) is 2.80. The number of nitrogens with two attached hydrogens (primary N) is 1. The van der Waals surface area contributed by atoms with Gasteiger partial charge in [0.1, 0.15) is 5.82 Å². The van der Waals surface area contributed by atoms with Gasteiger partial charge in [-0.15, -0.1) is 0 Å². The zero-order chi connectivity index (χ0) is 13.5. The standard InChI is InChI=1S/C13H21N3O2/c1-3-4-5-6-9(2)16-12-7-10(13(17)18)11(14)8-15-12/h7-9H,3-6,14H2,1-2H3,(H,15,16)(H,17,18). The molecule has 0 radical (unpaired) electrons. The number of carboxylic acid groups (broad SMARTS) is 1. The molecule has 0 saturated carbocycles. The number of nitrogen functional groups attached to an aromatic ring is 1. The van der Waals surface area contributed by atoms with Gasteiger partial charge in [-0.05, 0) is 19.4 Å². The van der Waals surface area contributed by atoms with Gasteiger partial charge in [0.2, 0.25) is 0 Å². The van der Waals surface area contributed by atoms with Gasteiger partial charge in [0, 0.05) is 6.04 Å². The Kier molecular flexibility index (Phi) is 5.42. The fourth-order valence-electron chi connectivity index (χ4n) is 1.76. The van der Waals surface area contributed by atoms with E-state index in [9.17, 15) is 4.79 Å². The molecule has 4 N–H and O–H groups in total. The highest BCUT2D eigenvalue weighted by Gasteiger charge is 2.10. The number of carbonyl (C=O) groups is 1. The fourth-order valence-corrected chi connectivity index (χ4v) is 1.76. The number of rotatable bonds is 7. The van der Waals surface area contributed by atoms with Crippen LogP contribution in [0.4, 0.5) is 11.5 Å². The van der Waals surface area contributed by atoms with Crippen LogP contribution in [0.3, 0.4) is 0 Å². The molecule has 1 unspecified atom stereocenters. The summed E-state index contributed by atoms with van der Waals surface area (Å²) in [4.78, 5) is 15.0. The number of nitrogens with zero attached hydrogens (tertiary/aromatic N) is 1. The van der Waals surface area contributed by atoms with E-state index in [4.69, 9.17) is 10.8 Å². The fraction of sp³-hybridized carbons (Fsp3) is 0.538. The molecule has 0 amide bonds. The minimum absolute atomic E-state index is 0.0910. The minimum Gasteiger partial charge on any atom is -0.478 e. The molecule has 0 aromatic carbocycles. The molecule has 1 aromatic rings. The molecule has 0 fully saturated rings. The number of aromatic nitrogens is 1. The first-order chi connectivity index (χ1) is 8.54. The van der Waals surface area contributed by atoms with E-state index in [-0.39, 0.29) is 17.3 Å². The highest BCUT2D eigenvalue weighted by atomic mass is 16.4. The molecule has 100 valence electrons. The maximum atomic E-state index is 10.9. The number of hydrogen-bond donors (Lipinski definition) is 3. The summed E-state index contributed by atoms with van der Waals surface area (Å²) >= 11 is 0. The van der Waals surface area contributed by atoms with Crippen molar-refractivity contribution >= 4 is 17.5 Å². The lowest BCUT2D eigenvalue weighted by Crippen LogP contribution is -2.16. The van der Waals surface area contributed by atoms with Crippen molar-refractivity contribution in [2.45, 2.75) is 45.6 Å². The Morgan fingerprint density at radius 1 is 1.56 bits per heavy atom. The topological polar surface area (TPSA) is 88.2 Å². The summed E-state index contributed by atoms with van der Waals surface area (Å²) < 4.78 is 0. The predicted molar refractivity (Wildman–Crippen MR) is 72.8 cm³/mol. The first-order valence-electron chi connectivity index (χ1n) is 6.30. The van der Waals surface area contributed by atoms with Crippen molar-refractivity contribution in [2.24, 2.45) is 0 Å². The lowest BCUT2D eigenvalue weighted by Gasteiger charge is -2.14. The molecule has 5 heteroatoms. The first kappa shape index (κ1) is 14.3. The maximum Gasteiger partial charge on any atom is 0.337 e. The molecule has 18 heavy (non-hydrogen) atoms. The molecular weight excluding hydrogens is 230 g/mol. The smallest absolute Gasteiger partial charge is 0.337 e. The summed E-state index contributed by atoms with van der Waals surface area (Å²) in [6, 6.07) is 1.75. The Morgan fingerprint density at radius 2 is 2.28 bits per heavy atom. The van der Waals surface area contributed by atoms with Crippen LogP contribution in [0, 0.1) is 0 Å². The van der Waals surface area contributed by atoms with Crippen molar-refractivity contribution in [3.05, 3.63) is 17.8 Å². The number of carboxylic acids is 1. The van der Waals surface area contributed by atoms with Crippen LogP contribution in [0.1, 0.15) is 49.9 Å². The van der Waals surface area contributed by atoms with Crippen LogP contribution in [0.2, 0.25) is 0 Å². The van der Waals surface area contributed by atoms with Gasteiger partial charge < -0.3 is 16.2 Å². The summed E-state index contributed by atoms with van der Waals surface area (Å²) in [5, 5.41) is 12.2. The van der Waals surface area contributed by atoms with Crippen LogP contribution in [0.25, 0.3) is 0 Å². The molecule has 1 rings (SSSR count). The Balaban J connectivity index is 2.62. The van der Waals surface area contributed by atoms with E-state index in [1.807, 2.05) is 0 Å². The van der Waals surface area contributed by atoms with Crippen LogP contribution < -0.4 is 11.1 Å². The lowest BCUT2D eigenvalue weighted by atomic mass is 10.1. The van der Waals surface area contributed by atoms with Crippen molar-refractivity contribution < 1.29 is 9.90 Å². The largest absolute Gasteiger partial charge is 0.478 e. The quantitative estimate of drug-likeness (QED) is 0.648. The molecule has 0 aliphatic carbocycles. The van der Waals surface area contributed by atoms with Crippen molar-refractivity contribution in [1.29, 1.82) is 0 Å². The van der Waals surface area contributed by atoms with Crippen LogP contribution in [-0.2, 0) is 0 Å². The van der Waals surface area contributed by atoms with E-state index in [0.29, 0.717) is 5.82 Å². The minimum atomic E-state index is -1.03. The zero-order valence-corrected chi connectivity index (χ0v) is 10.9. The van der Waals surface area contributed by atoms with Gasteiger partial charge in [-0.1, -0.05) is 26.2 Å². The van der Waals surface area contributed by atoms with Crippen molar-refractivity contribution in [3.8, 4) is 0 Å². The molecular formula is C13H21N3O2. The number of unbranched alkanes of at least 4 members (excludes halogenated alkanes) is 2. The second kappa shape index (κ2) is 6.83. The van der Waals surface area contributed by atoms with Gasteiger partial charge >= 0.3 is 5.97 Å². The van der Waals surface area contributed by atoms with Crippen molar-refractivity contribution in [1.82, 2.24) is 4.98 Å². The lowest BCUT2D eigenvalue weighted by molar-refractivity contribution is 0.0698. The Labute approximate surface area is 107 Å². The van der Waals surface area contributed by atoms with Crippen LogP contribution in [0.5, 0.6) is 0 Å². The van der Waals surface area contributed by atoms with E-state index in [1.165, 1.54) is 25.1 Å². The summed E-state index contributed by atoms with van der Waals surface area (Å²) in [5.41, 5.74) is 5.83. The Morgan fingerprint density at radius 3 is 2.89 bits per heavy atom. The molecule has 1 atom stereocenters. The summed E-state index contributed by atoms with van der Waals surface area (Å²) in [7, 11) is 0. The number of nitrogens with one attached hydrogen (secondary N) is 1. The van der Waals surface area contributed by atoms with Gasteiger partial charge in [-0.25, -0.2) is 9.78 Å². The monoisotopic (exact) mass is 251 g/mol. The third kappa shape index (κ3) is 4.24. The summed E-state index contributed by atoms with van der Waals surface area (Å²) in [5.74, 6) is -0.470. The zero-order valence-electron chi connectivity index (χ0n) is 10.9. The SMILES string of the molecule is CCCCCC(C)Nc1cc(C(=O)O)c(N)cn1. The Hall–Kier alpha value is -1.78. The van der Waals surface area contributed by atoms with E-state index < -0.39 is 5.97 Å². The summed E-state index contributed by atoms with van der Waals surface area (Å²) in [6.45, 7) is 4.23. The van der Waals surface area contributed by atoms with E-state index in [2.05, 4.69) is 24.1 Å². The second-order valence-corrected chi connectivity index (χ2v) is 4.50. The molecule has 1 heterocycles. The van der Waals surface area contributed by atoms with Crippen LogP contribution in [-0.4, -0.2) is 22.1 Å². The van der Waals surface area contributed by atoms with Gasteiger partial charge in [0.05, 0.1) is 17.4 Å². The molecule has 0 aliphatic heterocycles. The normalized spacial score (nSPS) is 12.1. The highest BCUT2D eigenvalue weighted by Crippen LogP contribution is 2.16. The molecule has 0 spiro atoms. The van der Waals surface area contributed by atoms with E-state index >= 15 is 0 Å². The average molecular weight is 251 g/mol. The van der Waals surface area contributed by atoms with E-state index in [0.717, 1.165) is 12.8 Å². The van der Waals surface area contributed by atoms with Crippen LogP contribution in [0.15, 0.2) is 12.3 Å². The second-order valence-electron chi connectivity index (χ2n) is 4.50. The molecule has 0 bridgehead atoms. The molecule has 0 aliphatic rings. The predicted octanol–water partition coefficient (Wildman–Crippen LogP) is 2.74. The van der Waals surface area contributed by atoms with Gasteiger partial charge in [0.15, 0.2) is 0 Å². The van der Waals surface area contributed by atoms with Crippen molar-refractivity contribution in [2.75, 3.05) is 11.1 Å². The molecule has 0 saturated heterocycles. The Bertz CT molecular complexity index is 407. The number of hydrogen-bond acceptors (Lipinski definition) is 4. The maximum absolute atomic E-state index is 10.9. The molecule has 5 nitrogen and oxygen atoms in total. The number of aromatic carboxylic acids is 1. The van der Waals surface area contributed by atoms with Crippen LogP contribution >= 0.6 is 0 Å². The van der Waals surface area contributed by atoms with Crippen molar-refractivity contribution in [3.63, 3.8) is 0 Å². The summed E-state index contributed by atoms with van der Waals surface area (Å²) in [6.07, 6.45) is 5.98.